The van der Waals surface area contributed by atoms with Crippen LogP contribution in [0.3, 0.4) is 0 Å². The SMILES string of the molecule is C=CC(=O)N1CCC[C@H](n2cnc3c(N)nc(Nc4ccc(OCCOC)cc4)nc32)C1. The van der Waals surface area contributed by atoms with Crippen LogP contribution < -0.4 is 15.8 Å². The molecule has 1 aromatic carbocycles. The van der Waals surface area contributed by atoms with E-state index >= 15 is 0 Å². The van der Waals surface area contributed by atoms with Crippen molar-refractivity contribution in [3.05, 3.63) is 43.2 Å². The second-order valence-electron chi connectivity index (χ2n) is 7.53. The highest BCUT2D eigenvalue weighted by molar-refractivity contribution is 5.87. The van der Waals surface area contributed by atoms with E-state index in [1.165, 1.54) is 6.08 Å². The van der Waals surface area contributed by atoms with Gasteiger partial charge in [-0.25, -0.2) is 4.98 Å². The summed E-state index contributed by atoms with van der Waals surface area (Å²) in [6.07, 6.45) is 4.89. The summed E-state index contributed by atoms with van der Waals surface area (Å²) < 4.78 is 12.6. The van der Waals surface area contributed by atoms with Crippen LogP contribution in [0.25, 0.3) is 11.2 Å². The van der Waals surface area contributed by atoms with Crippen LogP contribution in [0.1, 0.15) is 18.9 Å². The minimum Gasteiger partial charge on any atom is -0.491 e. The van der Waals surface area contributed by atoms with Gasteiger partial charge in [-0.3, -0.25) is 4.79 Å². The zero-order chi connectivity index (χ0) is 22.5. The minimum atomic E-state index is -0.0646. The number of benzene rings is 1. The fourth-order valence-corrected chi connectivity index (χ4v) is 3.78. The van der Waals surface area contributed by atoms with Crippen LogP contribution in [-0.4, -0.2) is 63.7 Å². The Morgan fingerprint density at radius 3 is 2.88 bits per heavy atom. The Morgan fingerprint density at radius 2 is 2.12 bits per heavy atom. The predicted molar refractivity (Wildman–Crippen MR) is 122 cm³/mol. The Morgan fingerprint density at radius 1 is 1.31 bits per heavy atom. The molecule has 0 radical (unpaired) electrons. The van der Waals surface area contributed by atoms with Crippen LogP contribution in [0.15, 0.2) is 43.2 Å². The molecule has 0 spiro atoms. The van der Waals surface area contributed by atoms with Crippen molar-refractivity contribution in [1.82, 2.24) is 24.4 Å². The molecule has 1 aliphatic rings. The Hall–Kier alpha value is -3.66. The molecular formula is C22H27N7O3. The Kier molecular flexibility index (Phi) is 6.50. The van der Waals surface area contributed by atoms with Crippen molar-refractivity contribution in [2.24, 2.45) is 0 Å². The first kappa shape index (κ1) is 21.6. The number of carbonyl (C=O) groups is 1. The van der Waals surface area contributed by atoms with Crippen molar-refractivity contribution in [2.45, 2.75) is 18.9 Å². The van der Waals surface area contributed by atoms with Crippen molar-refractivity contribution in [3.63, 3.8) is 0 Å². The molecule has 1 amide bonds. The number of nitrogens with one attached hydrogen (secondary N) is 1. The number of fused-ring (bicyclic) bond motifs is 1. The van der Waals surface area contributed by atoms with E-state index in [1.54, 1.807) is 18.3 Å². The minimum absolute atomic E-state index is 0.0586. The van der Waals surface area contributed by atoms with Gasteiger partial charge in [0.2, 0.25) is 11.9 Å². The molecule has 2 aromatic heterocycles. The highest BCUT2D eigenvalue weighted by atomic mass is 16.5. The molecule has 3 N–H and O–H groups in total. The number of ether oxygens (including phenoxy) is 2. The van der Waals surface area contributed by atoms with E-state index in [1.807, 2.05) is 28.8 Å². The van der Waals surface area contributed by atoms with Gasteiger partial charge in [-0.2, -0.15) is 9.97 Å². The summed E-state index contributed by atoms with van der Waals surface area (Å²) in [5.74, 6) is 1.35. The number of carbonyl (C=O) groups excluding carboxylic acids is 1. The monoisotopic (exact) mass is 437 g/mol. The molecule has 0 bridgehead atoms. The molecule has 10 nitrogen and oxygen atoms in total. The number of nitrogens with zero attached hydrogens (tertiary/aromatic N) is 5. The summed E-state index contributed by atoms with van der Waals surface area (Å²) in [5.41, 5.74) is 8.15. The Labute approximate surface area is 186 Å². The fourth-order valence-electron chi connectivity index (χ4n) is 3.78. The van der Waals surface area contributed by atoms with Gasteiger partial charge < -0.3 is 30.0 Å². The van der Waals surface area contributed by atoms with Gasteiger partial charge in [0.05, 0.1) is 19.0 Å². The molecule has 0 saturated carbocycles. The Bertz CT molecular complexity index is 1100. The number of rotatable bonds is 8. The molecule has 1 aliphatic heterocycles. The van der Waals surface area contributed by atoms with E-state index < -0.39 is 0 Å². The highest BCUT2D eigenvalue weighted by Crippen LogP contribution is 2.28. The zero-order valence-corrected chi connectivity index (χ0v) is 18.0. The molecule has 10 heteroatoms. The number of hydrogen-bond donors (Lipinski definition) is 2. The maximum Gasteiger partial charge on any atom is 0.246 e. The smallest absolute Gasteiger partial charge is 0.246 e. The van der Waals surface area contributed by atoms with Gasteiger partial charge in [0, 0.05) is 25.9 Å². The highest BCUT2D eigenvalue weighted by Gasteiger charge is 2.25. The van der Waals surface area contributed by atoms with Crippen molar-refractivity contribution < 1.29 is 14.3 Å². The standard InChI is InChI=1S/C22H27N7O3/c1-3-18(30)28-10-4-5-16(13-28)29-14-24-19-20(23)26-22(27-21(19)29)25-15-6-8-17(9-7-15)32-12-11-31-2/h3,6-9,14,16H,1,4-5,10-13H2,2H3,(H3,23,25,26,27)/t16-/m0/s1. The number of nitrogens with two attached hydrogens (primary N) is 1. The molecule has 0 unspecified atom stereocenters. The molecule has 3 heterocycles. The largest absolute Gasteiger partial charge is 0.491 e. The third kappa shape index (κ3) is 4.65. The average molecular weight is 438 g/mol. The zero-order valence-electron chi connectivity index (χ0n) is 18.0. The van der Waals surface area contributed by atoms with E-state index in [0.717, 1.165) is 30.8 Å². The van der Waals surface area contributed by atoms with Gasteiger partial charge in [0.15, 0.2) is 11.5 Å². The summed E-state index contributed by atoms with van der Waals surface area (Å²) in [7, 11) is 1.63. The van der Waals surface area contributed by atoms with Crippen LogP contribution in [0, 0.1) is 0 Å². The predicted octanol–water partition coefficient (Wildman–Crippen LogP) is 2.53. The number of piperidine rings is 1. The molecule has 168 valence electrons. The number of imidazole rings is 1. The van der Waals surface area contributed by atoms with E-state index in [0.29, 0.717) is 42.7 Å². The van der Waals surface area contributed by atoms with Gasteiger partial charge in [-0.15, -0.1) is 0 Å². The second-order valence-corrected chi connectivity index (χ2v) is 7.53. The molecule has 1 fully saturated rings. The van der Waals surface area contributed by atoms with Crippen molar-refractivity contribution in [1.29, 1.82) is 0 Å². The number of aromatic nitrogens is 4. The molecule has 4 rings (SSSR count). The lowest BCUT2D eigenvalue weighted by atomic mass is 10.1. The lowest BCUT2D eigenvalue weighted by Gasteiger charge is -2.32. The molecule has 1 atom stereocenters. The van der Waals surface area contributed by atoms with Crippen LogP contribution in [0.2, 0.25) is 0 Å². The number of methoxy groups -OCH3 is 1. The lowest BCUT2D eigenvalue weighted by Crippen LogP contribution is -2.39. The van der Waals surface area contributed by atoms with Gasteiger partial charge in [-0.1, -0.05) is 6.58 Å². The summed E-state index contributed by atoms with van der Waals surface area (Å²) in [5, 5.41) is 3.19. The first-order valence-corrected chi connectivity index (χ1v) is 10.5. The number of anilines is 3. The summed E-state index contributed by atoms with van der Waals surface area (Å²) >= 11 is 0. The van der Waals surface area contributed by atoms with Gasteiger partial charge in [0.25, 0.3) is 0 Å². The van der Waals surface area contributed by atoms with E-state index in [-0.39, 0.29) is 11.9 Å². The van der Waals surface area contributed by atoms with Crippen LogP contribution in [0.4, 0.5) is 17.5 Å². The third-order valence-corrected chi connectivity index (χ3v) is 5.39. The van der Waals surface area contributed by atoms with Crippen molar-refractivity contribution >= 4 is 34.5 Å². The van der Waals surface area contributed by atoms with Crippen LogP contribution in [-0.2, 0) is 9.53 Å². The molecule has 1 saturated heterocycles. The van der Waals surface area contributed by atoms with Crippen molar-refractivity contribution in [3.8, 4) is 5.75 Å². The molecular weight excluding hydrogens is 410 g/mol. The maximum atomic E-state index is 12.1. The summed E-state index contributed by atoms with van der Waals surface area (Å²) in [6, 6.07) is 7.53. The fraction of sp³-hybridized carbons (Fsp3) is 0.364. The maximum absolute atomic E-state index is 12.1. The van der Waals surface area contributed by atoms with Crippen molar-refractivity contribution in [2.75, 3.05) is 44.5 Å². The van der Waals surface area contributed by atoms with Crippen LogP contribution >= 0.6 is 0 Å². The molecule has 32 heavy (non-hydrogen) atoms. The molecule has 0 aliphatic carbocycles. The quantitative estimate of drug-likeness (QED) is 0.407. The van der Waals surface area contributed by atoms with E-state index in [2.05, 4.69) is 26.8 Å². The number of likely N-dealkylation sites (tertiary alicyclic amines) is 1. The molecule has 3 aromatic rings. The normalized spacial score (nSPS) is 16.2. The van der Waals surface area contributed by atoms with Gasteiger partial charge in [-0.05, 0) is 43.2 Å². The first-order valence-electron chi connectivity index (χ1n) is 10.5. The lowest BCUT2D eigenvalue weighted by molar-refractivity contribution is -0.127. The number of nitrogen functional groups attached to an aromatic ring is 1. The van der Waals surface area contributed by atoms with E-state index in [4.69, 9.17) is 15.2 Å². The summed E-state index contributed by atoms with van der Waals surface area (Å²) in [4.78, 5) is 27.3. The third-order valence-electron chi connectivity index (χ3n) is 5.39. The van der Waals surface area contributed by atoms with Gasteiger partial charge in [0.1, 0.15) is 17.9 Å². The summed E-state index contributed by atoms with van der Waals surface area (Å²) in [6.45, 7) is 5.91. The van der Waals surface area contributed by atoms with E-state index in [9.17, 15) is 4.79 Å². The number of hydrogen-bond acceptors (Lipinski definition) is 8. The topological polar surface area (TPSA) is 120 Å². The van der Waals surface area contributed by atoms with Crippen LogP contribution in [0.5, 0.6) is 5.75 Å². The van der Waals surface area contributed by atoms with Gasteiger partial charge >= 0.3 is 0 Å². The Balaban J connectivity index is 1.54. The number of amides is 1. The first-order chi connectivity index (χ1) is 15.6. The second kappa shape index (κ2) is 9.65. The average Bonchev–Trinajstić information content (AvgIpc) is 3.24.